The van der Waals surface area contributed by atoms with Gasteiger partial charge in [0.25, 0.3) is 0 Å². The zero-order valence-electron chi connectivity index (χ0n) is 13.4. The van der Waals surface area contributed by atoms with E-state index in [-0.39, 0.29) is 24.9 Å². The van der Waals surface area contributed by atoms with Crippen molar-refractivity contribution in [3.63, 3.8) is 0 Å². The molecule has 0 spiro atoms. The van der Waals surface area contributed by atoms with Crippen LogP contribution in [0.5, 0.6) is 0 Å². The Morgan fingerprint density at radius 3 is 2.56 bits per heavy atom. The lowest BCUT2D eigenvalue weighted by Gasteiger charge is -2.15. The van der Waals surface area contributed by atoms with Crippen molar-refractivity contribution in [1.29, 1.82) is 0 Å². The summed E-state index contributed by atoms with van der Waals surface area (Å²) in [5.74, 6) is -1.90. The van der Waals surface area contributed by atoms with Crippen molar-refractivity contribution in [1.82, 2.24) is 20.0 Å². The third kappa shape index (κ3) is 4.11. The van der Waals surface area contributed by atoms with Gasteiger partial charge in [0.15, 0.2) is 0 Å². The van der Waals surface area contributed by atoms with Crippen LogP contribution in [0.4, 0.5) is 4.39 Å². The summed E-state index contributed by atoms with van der Waals surface area (Å²) in [6.07, 6.45) is 1.94. The molecule has 2 heterocycles. The van der Waals surface area contributed by atoms with Crippen LogP contribution in [0.15, 0.2) is 33.5 Å². The van der Waals surface area contributed by atoms with Gasteiger partial charge in [-0.3, -0.25) is 9.59 Å². The maximum atomic E-state index is 12.9. The Morgan fingerprint density at radius 2 is 1.88 bits per heavy atom. The van der Waals surface area contributed by atoms with Crippen LogP contribution in [0.2, 0.25) is 0 Å². The fraction of sp³-hybridized carbons (Fsp3) is 0.375. The van der Waals surface area contributed by atoms with E-state index in [2.05, 4.69) is 10.4 Å². The number of hydrogen-bond donors (Lipinski definition) is 1. The molecule has 1 fully saturated rings. The Morgan fingerprint density at radius 1 is 1.20 bits per heavy atom. The molecule has 0 saturated carbocycles. The van der Waals surface area contributed by atoms with Gasteiger partial charge in [0.05, 0.1) is 6.54 Å². The van der Waals surface area contributed by atoms with Crippen LogP contribution in [0, 0.1) is 5.82 Å². The fourth-order valence-electron chi connectivity index (χ4n) is 2.56. The average molecular weight is 348 g/mol. The third-order valence-corrected chi connectivity index (χ3v) is 3.89. The lowest BCUT2D eigenvalue weighted by molar-refractivity contribution is -0.132. The van der Waals surface area contributed by atoms with Crippen molar-refractivity contribution in [2.75, 3.05) is 19.6 Å². The number of rotatable bonds is 5. The van der Waals surface area contributed by atoms with Crippen LogP contribution in [0.1, 0.15) is 12.8 Å². The molecule has 0 aliphatic carbocycles. The van der Waals surface area contributed by atoms with Crippen molar-refractivity contribution >= 4 is 11.8 Å². The normalized spacial score (nSPS) is 13.9. The van der Waals surface area contributed by atoms with Gasteiger partial charge in [-0.15, -0.1) is 5.10 Å². The minimum atomic E-state index is -0.805. The summed E-state index contributed by atoms with van der Waals surface area (Å²) in [5.41, 5.74) is 0.418. The van der Waals surface area contributed by atoms with Crippen molar-refractivity contribution in [2.45, 2.75) is 19.4 Å². The van der Waals surface area contributed by atoms with Crippen molar-refractivity contribution in [3.05, 3.63) is 40.6 Å². The van der Waals surface area contributed by atoms with Crippen LogP contribution in [0.25, 0.3) is 11.5 Å². The fourth-order valence-corrected chi connectivity index (χ4v) is 2.56. The first kappa shape index (κ1) is 16.9. The number of nitrogens with zero attached hydrogens (tertiary/aromatic N) is 3. The van der Waals surface area contributed by atoms with Crippen LogP contribution in [-0.2, 0) is 16.1 Å². The molecule has 0 atom stereocenters. The standard InChI is InChI=1S/C16H17FN4O4/c17-12-5-3-11(4-6-12)15-19-21(16(24)25-15)10-13(22)18-9-14(23)20-7-1-2-8-20/h3-6H,1-2,7-10H2,(H,18,22). The lowest BCUT2D eigenvalue weighted by atomic mass is 10.2. The summed E-state index contributed by atoms with van der Waals surface area (Å²) >= 11 is 0. The predicted molar refractivity (Wildman–Crippen MR) is 85.0 cm³/mol. The van der Waals surface area contributed by atoms with E-state index in [9.17, 15) is 18.8 Å². The van der Waals surface area contributed by atoms with E-state index in [0.717, 1.165) is 17.5 Å². The molecule has 1 aliphatic heterocycles. The largest absolute Gasteiger partial charge is 0.437 e. The van der Waals surface area contributed by atoms with E-state index >= 15 is 0 Å². The Hall–Kier alpha value is -2.97. The molecule has 132 valence electrons. The monoisotopic (exact) mass is 348 g/mol. The van der Waals surface area contributed by atoms with E-state index in [1.807, 2.05) is 0 Å². The second-order valence-corrected chi connectivity index (χ2v) is 5.70. The second-order valence-electron chi connectivity index (χ2n) is 5.70. The number of amides is 2. The van der Waals surface area contributed by atoms with Gasteiger partial charge in [0, 0.05) is 18.7 Å². The zero-order valence-corrected chi connectivity index (χ0v) is 13.4. The van der Waals surface area contributed by atoms with Crippen LogP contribution >= 0.6 is 0 Å². The van der Waals surface area contributed by atoms with Crippen LogP contribution in [0.3, 0.4) is 0 Å². The SMILES string of the molecule is O=C(Cn1nc(-c2ccc(F)cc2)oc1=O)NCC(=O)N1CCCC1. The molecule has 1 aromatic heterocycles. The molecule has 1 aliphatic rings. The van der Waals surface area contributed by atoms with Gasteiger partial charge in [-0.25, -0.2) is 9.18 Å². The van der Waals surface area contributed by atoms with E-state index in [1.165, 1.54) is 24.3 Å². The molecule has 3 rings (SSSR count). The molecule has 9 heteroatoms. The molecule has 1 N–H and O–H groups in total. The summed E-state index contributed by atoms with van der Waals surface area (Å²) in [6.45, 7) is 0.935. The minimum Gasteiger partial charge on any atom is -0.388 e. The van der Waals surface area contributed by atoms with Gasteiger partial charge in [-0.2, -0.15) is 4.68 Å². The quantitative estimate of drug-likeness (QED) is 0.842. The highest BCUT2D eigenvalue weighted by Crippen LogP contribution is 2.15. The number of aromatic nitrogens is 2. The topological polar surface area (TPSA) is 97.4 Å². The summed E-state index contributed by atoms with van der Waals surface area (Å²) in [4.78, 5) is 37.2. The minimum absolute atomic E-state index is 0.00839. The van der Waals surface area contributed by atoms with Crippen molar-refractivity contribution in [3.8, 4) is 11.5 Å². The lowest BCUT2D eigenvalue weighted by Crippen LogP contribution is -2.40. The molecule has 25 heavy (non-hydrogen) atoms. The number of nitrogens with one attached hydrogen (secondary N) is 1. The van der Waals surface area contributed by atoms with Gasteiger partial charge in [0.2, 0.25) is 17.7 Å². The molecule has 0 bridgehead atoms. The number of likely N-dealkylation sites (tertiary alicyclic amines) is 1. The van der Waals surface area contributed by atoms with E-state index in [0.29, 0.717) is 18.7 Å². The Bertz CT molecular complexity index is 821. The second kappa shape index (κ2) is 7.29. The van der Waals surface area contributed by atoms with Gasteiger partial charge in [0.1, 0.15) is 12.4 Å². The number of carbonyl (C=O) groups excluding carboxylic acids is 2. The first-order chi connectivity index (χ1) is 12.0. The Labute approximate surface area is 142 Å². The third-order valence-electron chi connectivity index (χ3n) is 3.89. The highest BCUT2D eigenvalue weighted by molar-refractivity contribution is 5.84. The zero-order chi connectivity index (χ0) is 17.8. The Kier molecular flexibility index (Phi) is 4.92. The maximum absolute atomic E-state index is 12.9. The molecular formula is C16H17FN4O4. The molecular weight excluding hydrogens is 331 g/mol. The number of hydrogen-bond acceptors (Lipinski definition) is 5. The number of halogens is 1. The van der Waals surface area contributed by atoms with E-state index < -0.39 is 17.5 Å². The van der Waals surface area contributed by atoms with Crippen molar-refractivity contribution < 1.29 is 18.4 Å². The Balaban J connectivity index is 1.59. The average Bonchev–Trinajstić information content (AvgIpc) is 3.24. The summed E-state index contributed by atoms with van der Waals surface area (Å²) in [7, 11) is 0. The van der Waals surface area contributed by atoms with Gasteiger partial charge in [-0.05, 0) is 37.1 Å². The van der Waals surface area contributed by atoms with Crippen LogP contribution in [-0.4, -0.2) is 46.1 Å². The van der Waals surface area contributed by atoms with Crippen molar-refractivity contribution in [2.24, 2.45) is 0 Å². The summed E-state index contributed by atoms with van der Waals surface area (Å²) in [5, 5.41) is 6.38. The van der Waals surface area contributed by atoms with Crippen LogP contribution < -0.4 is 11.1 Å². The van der Waals surface area contributed by atoms with Gasteiger partial charge >= 0.3 is 5.76 Å². The first-order valence-corrected chi connectivity index (χ1v) is 7.91. The molecule has 8 nitrogen and oxygen atoms in total. The highest BCUT2D eigenvalue weighted by Gasteiger charge is 2.19. The summed E-state index contributed by atoms with van der Waals surface area (Å²) < 4.78 is 18.7. The molecule has 0 radical (unpaired) electrons. The molecule has 2 amide bonds. The number of carbonyl (C=O) groups is 2. The molecule has 1 saturated heterocycles. The van der Waals surface area contributed by atoms with Gasteiger partial charge in [-0.1, -0.05) is 0 Å². The summed E-state index contributed by atoms with van der Waals surface area (Å²) in [6, 6.07) is 5.26. The highest BCUT2D eigenvalue weighted by atomic mass is 19.1. The molecule has 0 unspecified atom stereocenters. The number of benzene rings is 1. The van der Waals surface area contributed by atoms with Gasteiger partial charge < -0.3 is 14.6 Å². The molecule has 1 aromatic carbocycles. The van der Waals surface area contributed by atoms with E-state index in [1.54, 1.807) is 4.90 Å². The first-order valence-electron chi connectivity index (χ1n) is 7.91. The molecule has 2 aromatic rings. The van der Waals surface area contributed by atoms with E-state index in [4.69, 9.17) is 4.42 Å². The maximum Gasteiger partial charge on any atom is 0.437 e. The predicted octanol–water partition coefficient (Wildman–Crippen LogP) is 0.381. The smallest absolute Gasteiger partial charge is 0.388 e.